The van der Waals surface area contributed by atoms with E-state index in [0.29, 0.717) is 0 Å². The molecule has 0 aliphatic carbocycles. The number of nitrogens with zero attached hydrogens (tertiary/aromatic N) is 1. The van der Waals surface area contributed by atoms with Gasteiger partial charge in [-0.3, -0.25) is 4.98 Å². The molecule has 1 unspecified atom stereocenters. The number of para-hydroxylation sites is 1. The number of hydrogen-bond acceptors (Lipinski definition) is 2. The normalized spacial score (nSPS) is 12.1. The molecule has 0 amide bonds. The predicted octanol–water partition coefficient (Wildman–Crippen LogP) is 3.22. The van der Waals surface area contributed by atoms with Crippen LogP contribution in [0.1, 0.15) is 18.7 Å². The number of aromatic nitrogens is 1. The van der Waals surface area contributed by atoms with Crippen LogP contribution in [0.25, 0.3) is 0 Å². The van der Waals surface area contributed by atoms with Gasteiger partial charge in [0.05, 0.1) is 5.69 Å². The topological polar surface area (TPSA) is 22.1 Å². The molecular weight excluding hydrogens is 186 g/mol. The predicted molar refractivity (Wildman–Crippen MR) is 59.7 cm³/mol. The first-order valence-electron chi connectivity index (χ1n) is 4.99. The number of ether oxygens (including phenoxy) is 1. The summed E-state index contributed by atoms with van der Waals surface area (Å²) in [7, 11) is 0. The van der Waals surface area contributed by atoms with E-state index in [4.69, 9.17) is 4.74 Å². The molecule has 15 heavy (non-hydrogen) atoms. The van der Waals surface area contributed by atoms with Gasteiger partial charge in [-0.2, -0.15) is 0 Å². The van der Waals surface area contributed by atoms with Crippen molar-refractivity contribution in [1.29, 1.82) is 0 Å². The van der Waals surface area contributed by atoms with Gasteiger partial charge in [0.2, 0.25) is 0 Å². The molecule has 76 valence electrons. The van der Waals surface area contributed by atoms with E-state index in [1.807, 2.05) is 55.5 Å². The van der Waals surface area contributed by atoms with Crippen molar-refractivity contribution in [2.24, 2.45) is 0 Å². The van der Waals surface area contributed by atoms with Crippen molar-refractivity contribution in [1.82, 2.24) is 4.98 Å². The van der Waals surface area contributed by atoms with Crippen LogP contribution in [0.2, 0.25) is 0 Å². The van der Waals surface area contributed by atoms with Gasteiger partial charge in [-0.25, -0.2) is 0 Å². The first-order chi connectivity index (χ1) is 7.36. The first-order valence-corrected chi connectivity index (χ1v) is 4.99. The standard InChI is InChI=1S/C13H13NO/c1-11(13-9-5-6-10-14-13)15-12-7-3-2-4-8-12/h2-11H,1H3. The van der Waals surface area contributed by atoms with E-state index in [2.05, 4.69) is 4.98 Å². The van der Waals surface area contributed by atoms with Crippen molar-refractivity contribution in [3.05, 3.63) is 60.4 Å². The summed E-state index contributed by atoms with van der Waals surface area (Å²) < 4.78 is 5.74. The largest absolute Gasteiger partial charge is 0.484 e. The maximum Gasteiger partial charge on any atom is 0.138 e. The van der Waals surface area contributed by atoms with E-state index in [1.165, 1.54) is 0 Å². The van der Waals surface area contributed by atoms with Crippen LogP contribution in [0.15, 0.2) is 54.7 Å². The van der Waals surface area contributed by atoms with Crippen molar-refractivity contribution < 1.29 is 4.74 Å². The number of pyridine rings is 1. The molecule has 0 spiro atoms. The lowest BCUT2D eigenvalue weighted by molar-refractivity contribution is 0.222. The Morgan fingerprint density at radius 3 is 2.40 bits per heavy atom. The van der Waals surface area contributed by atoms with Crippen molar-refractivity contribution in [2.75, 3.05) is 0 Å². The summed E-state index contributed by atoms with van der Waals surface area (Å²) in [5.41, 5.74) is 0.946. The zero-order valence-corrected chi connectivity index (χ0v) is 8.63. The van der Waals surface area contributed by atoms with Crippen LogP contribution in [-0.4, -0.2) is 4.98 Å². The summed E-state index contributed by atoms with van der Waals surface area (Å²) in [5.74, 6) is 0.871. The lowest BCUT2D eigenvalue weighted by Crippen LogP contribution is -2.04. The highest BCUT2D eigenvalue weighted by atomic mass is 16.5. The van der Waals surface area contributed by atoms with Gasteiger partial charge in [0.25, 0.3) is 0 Å². The van der Waals surface area contributed by atoms with Gasteiger partial charge in [-0.1, -0.05) is 24.3 Å². The molecule has 0 aliphatic heterocycles. The van der Waals surface area contributed by atoms with E-state index >= 15 is 0 Å². The SMILES string of the molecule is CC(Oc1ccccc1)c1ccccn1. The lowest BCUT2D eigenvalue weighted by atomic mass is 10.2. The Morgan fingerprint density at radius 2 is 1.73 bits per heavy atom. The van der Waals surface area contributed by atoms with Gasteiger partial charge in [-0.05, 0) is 31.2 Å². The second-order valence-electron chi connectivity index (χ2n) is 3.33. The molecule has 2 nitrogen and oxygen atoms in total. The van der Waals surface area contributed by atoms with Gasteiger partial charge in [-0.15, -0.1) is 0 Å². The Kier molecular flexibility index (Phi) is 2.98. The summed E-state index contributed by atoms with van der Waals surface area (Å²) in [6.45, 7) is 2.00. The summed E-state index contributed by atoms with van der Waals surface area (Å²) in [6.07, 6.45) is 1.76. The van der Waals surface area contributed by atoms with Gasteiger partial charge >= 0.3 is 0 Å². The van der Waals surface area contributed by atoms with Crippen molar-refractivity contribution in [3.8, 4) is 5.75 Å². The Bertz CT molecular complexity index is 399. The van der Waals surface area contributed by atoms with Crippen molar-refractivity contribution >= 4 is 0 Å². The lowest BCUT2D eigenvalue weighted by Gasteiger charge is -2.13. The minimum Gasteiger partial charge on any atom is -0.484 e. The summed E-state index contributed by atoms with van der Waals surface area (Å²) in [4.78, 5) is 4.25. The first kappa shape index (κ1) is 9.71. The third kappa shape index (κ3) is 2.56. The van der Waals surface area contributed by atoms with Crippen LogP contribution in [0, 0.1) is 0 Å². The fourth-order valence-electron chi connectivity index (χ4n) is 1.38. The second kappa shape index (κ2) is 4.60. The highest BCUT2D eigenvalue weighted by molar-refractivity contribution is 5.22. The van der Waals surface area contributed by atoms with Gasteiger partial charge in [0.15, 0.2) is 0 Å². The highest BCUT2D eigenvalue weighted by Gasteiger charge is 2.06. The molecule has 0 bridgehead atoms. The van der Waals surface area contributed by atoms with E-state index in [9.17, 15) is 0 Å². The molecule has 0 aliphatic rings. The number of hydrogen-bond donors (Lipinski definition) is 0. The maximum absolute atomic E-state index is 5.74. The van der Waals surface area contributed by atoms with E-state index < -0.39 is 0 Å². The quantitative estimate of drug-likeness (QED) is 0.757. The van der Waals surface area contributed by atoms with Crippen LogP contribution in [-0.2, 0) is 0 Å². The minimum absolute atomic E-state index is 0.0198. The summed E-state index contributed by atoms with van der Waals surface area (Å²) >= 11 is 0. The minimum atomic E-state index is -0.0198. The van der Waals surface area contributed by atoms with Gasteiger partial charge < -0.3 is 4.74 Å². The van der Waals surface area contributed by atoms with Crippen LogP contribution in [0.4, 0.5) is 0 Å². The van der Waals surface area contributed by atoms with Crippen LogP contribution >= 0.6 is 0 Å². The van der Waals surface area contributed by atoms with E-state index in [0.717, 1.165) is 11.4 Å². The number of benzene rings is 1. The Balaban J connectivity index is 2.08. The fourth-order valence-corrected chi connectivity index (χ4v) is 1.38. The monoisotopic (exact) mass is 199 g/mol. The summed E-state index contributed by atoms with van der Waals surface area (Å²) in [6, 6.07) is 15.6. The fraction of sp³-hybridized carbons (Fsp3) is 0.154. The number of rotatable bonds is 3. The van der Waals surface area contributed by atoms with Gasteiger partial charge in [0.1, 0.15) is 11.9 Å². The molecular formula is C13H13NO. The van der Waals surface area contributed by atoms with Gasteiger partial charge in [0, 0.05) is 6.20 Å². The van der Waals surface area contributed by atoms with Crippen LogP contribution < -0.4 is 4.74 Å². The third-order valence-corrected chi connectivity index (χ3v) is 2.16. The van der Waals surface area contributed by atoms with Crippen molar-refractivity contribution in [3.63, 3.8) is 0 Å². The highest BCUT2D eigenvalue weighted by Crippen LogP contribution is 2.19. The second-order valence-corrected chi connectivity index (χ2v) is 3.33. The Hall–Kier alpha value is -1.83. The van der Waals surface area contributed by atoms with Crippen molar-refractivity contribution in [2.45, 2.75) is 13.0 Å². The van der Waals surface area contributed by atoms with E-state index in [-0.39, 0.29) is 6.10 Å². The third-order valence-electron chi connectivity index (χ3n) is 2.16. The average molecular weight is 199 g/mol. The molecule has 1 aromatic heterocycles. The summed E-state index contributed by atoms with van der Waals surface area (Å²) in [5, 5.41) is 0. The van der Waals surface area contributed by atoms with Crippen LogP contribution in [0.5, 0.6) is 5.75 Å². The molecule has 0 fully saturated rings. The van der Waals surface area contributed by atoms with E-state index in [1.54, 1.807) is 6.20 Å². The molecule has 2 aromatic rings. The molecule has 2 heteroatoms. The zero-order valence-electron chi connectivity index (χ0n) is 8.63. The Morgan fingerprint density at radius 1 is 1.00 bits per heavy atom. The molecule has 1 aromatic carbocycles. The molecule has 1 heterocycles. The zero-order chi connectivity index (χ0) is 10.5. The molecule has 0 radical (unpaired) electrons. The molecule has 1 atom stereocenters. The molecule has 2 rings (SSSR count). The molecule has 0 saturated heterocycles. The average Bonchev–Trinajstić information content (AvgIpc) is 2.31. The Labute approximate surface area is 89.6 Å². The molecule has 0 saturated carbocycles. The van der Waals surface area contributed by atoms with Crippen LogP contribution in [0.3, 0.4) is 0 Å². The maximum atomic E-state index is 5.74. The molecule has 0 N–H and O–H groups in total. The smallest absolute Gasteiger partial charge is 0.138 e.